The lowest BCUT2D eigenvalue weighted by molar-refractivity contribution is -0.128. The number of terminal acetylenes is 1. The van der Waals surface area contributed by atoms with Gasteiger partial charge in [0, 0.05) is 12.1 Å². The maximum absolute atomic E-state index is 14.3. The highest BCUT2D eigenvalue weighted by atomic mass is 127. The molecule has 1 atom stereocenters. The summed E-state index contributed by atoms with van der Waals surface area (Å²) in [4.78, 5) is 12.8. The fraction of sp³-hybridized carbons (Fsp3) is 0.312. The number of carbonyl (C=O) groups is 1. The molecule has 0 aliphatic carbocycles. The van der Waals surface area contributed by atoms with Crippen molar-refractivity contribution in [2.45, 2.75) is 16.8 Å². The number of carbonyl (C=O) groups excluding carboxylic acids is 1. The SMILES string of the molecule is C#CCOc1cc(F)c(C2=CCC(I)C(=O)N2CC(F)F)c(F)c1. The number of nitrogens with zero attached hydrogens (tertiary/aromatic N) is 1. The number of benzene rings is 1. The van der Waals surface area contributed by atoms with Crippen molar-refractivity contribution in [3.05, 3.63) is 35.4 Å². The fourth-order valence-electron chi connectivity index (χ4n) is 2.28. The van der Waals surface area contributed by atoms with Crippen LogP contribution in [0.25, 0.3) is 5.70 Å². The molecule has 0 saturated heterocycles. The van der Waals surface area contributed by atoms with Gasteiger partial charge in [-0.2, -0.15) is 0 Å². The number of amides is 1. The monoisotopic (exact) mass is 453 g/mol. The summed E-state index contributed by atoms with van der Waals surface area (Å²) >= 11 is 1.80. The zero-order valence-electron chi connectivity index (χ0n) is 12.2. The second-order valence-corrected chi connectivity index (χ2v) is 6.39. The van der Waals surface area contributed by atoms with E-state index in [-0.39, 0.29) is 24.5 Å². The normalized spacial score (nSPS) is 17.7. The van der Waals surface area contributed by atoms with Crippen molar-refractivity contribution in [3.63, 3.8) is 0 Å². The number of halogens is 5. The van der Waals surface area contributed by atoms with Gasteiger partial charge in [-0.1, -0.05) is 34.6 Å². The van der Waals surface area contributed by atoms with Gasteiger partial charge in [0.1, 0.15) is 24.0 Å². The summed E-state index contributed by atoms with van der Waals surface area (Å²) in [5.41, 5.74) is -0.743. The van der Waals surface area contributed by atoms with E-state index in [2.05, 4.69) is 5.92 Å². The van der Waals surface area contributed by atoms with Crippen LogP contribution >= 0.6 is 22.6 Å². The maximum Gasteiger partial charge on any atom is 0.256 e. The maximum atomic E-state index is 14.3. The van der Waals surface area contributed by atoms with E-state index in [1.165, 1.54) is 6.08 Å². The third kappa shape index (κ3) is 4.01. The van der Waals surface area contributed by atoms with Gasteiger partial charge >= 0.3 is 0 Å². The van der Waals surface area contributed by atoms with E-state index in [9.17, 15) is 22.4 Å². The Balaban J connectivity index is 2.45. The molecule has 0 aromatic heterocycles. The number of allylic oxidation sites excluding steroid dienone is 1. The first kappa shape index (κ1) is 18.6. The van der Waals surface area contributed by atoms with Gasteiger partial charge in [-0.05, 0) is 6.42 Å². The average Bonchev–Trinajstić information content (AvgIpc) is 2.51. The molecule has 1 aliphatic rings. The first-order valence-electron chi connectivity index (χ1n) is 6.84. The highest BCUT2D eigenvalue weighted by Gasteiger charge is 2.33. The van der Waals surface area contributed by atoms with Gasteiger partial charge in [-0.3, -0.25) is 4.79 Å². The molecule has 1 aliphatic heterocycles. The summed E-state index contributed by atoms with van der Waals surface area (Å²) in [6.45, 7) is -1.11. The number of alkyl halides is 3. The molecule has 0 radical (unpaired) electrons. The summed E-state index contributed by atoms with van der Waals surface area (Å²) in [5.74, 6) is -0.620. The summed E-state index contributed by atoms with van der Waals surface area (Å²) in [5, 5.41) is 0. The number of hydrogen-bond donors (Lipinski definition) is 0. The predicted octanol–water partition coefficient (Wildman–Crippen LogP) is 3.62. The molecule has 0 bridgehead atoms. The molecule has 128 valence electrons. The Morgan fingerprint density at radius 2 is 2.00 bits per heavy atom. The highest BCUT2D eigenvalue weighted by Crippen LogP contribution is 2.34. The molecule has 1 aromatic rings. The van der Waals surface area contributed by atoms with E-state index in [1.54, 1.807) is 22.6 Å². The van der Waals surface area contributed by atoms with Crippen LogP contribution in [-0.4, -0.2) is 34.3 Å². The quantitative estimate of drug-likeness (QED) is 0.295. The Bertz CT molecular complexity index is 692. The summed E-state index contributed by atoms with van der Waals surface area (Å²) < 4.78 is 58.6. The van der Waals surface area contributed by atoms with E-state index in [1.807, 2.05) is 0 Å². The smallest absolute Gasteiger partial charge is 0.256 e. The van der Waals surface area contributed by atoms with Crippen molar-refractivity contribution in [1.82, 2.24) is 4.90 Å². The van der Waals surface area contributed by atoms with Gasteiger partial charge in [0.2, 0.25) is 5.91 Å². The molecule has 3 nitrogen and oxygen atoms in total. The van der Waals surface area contributed by atoms with Crippen molar-refractivity contribution >= 4 is 34.2 Å². The summed E-state index contributed by atoms with van der Waals surface area (Å²) in [6.07, 6.45) is 3.75. The second-order valence-electron chi connectivity index (χ2n) is 4.89. The van der Waals surface area contributed by atoms with Crippen LogP contribution < -0.4 is 4.74 Å². The Hall–Kier alpha value is -1.76. The molecule has 0 fully saturated rings. The lowest BCUT2D eigenvalue weighted by Gasteiger charge is -2.31. The van der Waals surface area contributed by atoms with E-state index < -0.39 is 40.0 Å². The first-order chi connectivity index (χ1) is 11.3. The summed E-state index contributed by atoms with van der Waals surface area (Å²) in [7, 11) is 0. The molecule has 2 rings (SSSR count). The first-order valence-corrected chi connectivity index (χ1v) is 8.09. The Kier molecular flexibility index (Phi) is 6.10. The van der Waals surface area contributed by atoms with Gasteiger partial charge in [-0.25, -0.2) is 17.6 Å². The highest BCUT2D eigenvalue weighted by molar-refractivity contribution is 14.1. The van der Waals surface area contributed by atoms with Gasteiger partial charge in [0.25, 0.3) is 6.43 Å². The van der Waals surface area contributed by atoms with Crippen LogP contribution in [0.4, 0.5) is 17.6 Å². The second kappa shape index (κ2) is 7.88. The lowest BCUT2D eigenvalue weighted by atomic mass is 10.0. The number of hydrogen-bond acceptors (Lipinski definition) is 2. The molecule has 0 spiro atoms. The lowest BCUT2D eigenvalue weighted by Crippen LogP contribution is -2.41. The molecule has 8 heteroatoms. The Morgan fingerprint density at radius 3 is 2.54 bits per heavy atom. The molecule has 1 heterocycles. The van der Waals surface area contributed by atoms with Gasteiger partial charge < -0.3 is 9.64 Å². The van der Waals surface area contributed by atoms with Gasteiger partial charge in [-0.15, -0.1) is 6.42 Å². The van der Waals surface area contributed by atoms with Crippen molar-refractivity contribution in [1.29, 1.82) is 0 Å². The van der Waals surface area contributed by atoms with Crippen LogP contribution in [-0.2, 0) is 4.79 Å². The fourth-order valence-corrected chi connectivity index (χ4v) is 2.87. The van der Waals surface area contributed by atoms with Gasteiger partial charge in [0.15, 0.2) is 0 Å². The van der Waals surface area contributed by atoms with E-state index >= 15 is 0 Å². The van der Waals surface area contributed by atoms with Crippen LogP contribution in [0, 0.1) is 24.0 Å². The Morgan fingerprint density at radius 1 is 1.38 bits per heavy atom. The standard InChI is InChI=1S/C16H12F4INO2/c1-2-5-24-9-6-10(17)15(11(18)7-9)13-4-3-12(21)16(23)22(13)8-14(19)20/h1,4,6-7,12,14H,3,5,8H2. The van der Waals surface area contributed by atoms with E-state index in [0.29, 0.717) is 4.90 Å². The van der Waals surface area contributed by atoms with Gasteiger partial charge in [0.05, 0.1) is 21.7 Å². The number of rotatable bonds is 5. The van der Waals surface area contributed by atoms with Crippen molar-refractivity contribution < 1.29 is 27.1 Å². The van der Waals surface area contributed by atoms with Crippen molar-refractivity contribution in [3.8, 4) is 18.1 Å². The largest absolute Gasteiger partial charge is 0.481 e. The molecular weight excluding hydrogens is 441 g/mol. The predicted molar refractivity (Wildman–Crippen MR) is 88.8 cm³/mol. The zero-order chi connectivity index (χ0) is 17.9. The van der Waals surface area contributed by atoms with Crippen LogP contribution in [0.2, 0.25) is 0 Å². The summed E-state index contributed by atoms with van der Waals surface area (Å²) in [6, 6.07) is 1.80. The van der Waals surface area contributed by atoms with Crippen molar-refractivity contribution in [2.24, 2.45) is 0 Å². The van der Waals surface area contributed by atoms with E-state index in [0.717, 1.165) is 12.1 Å². The molecule has 0 saturated carbocycles. The third-order valence-corrected chi connectivity index (χ3v) is 4.30. The molecular formula is C16H12F4INO2. The van der Waals surface area contributed by atoms with E-state index in [4.69, 9.17) is 11.2 Å². The molecule has 1 amide bonds. The molecule has 1 unspecified atom stereocenters. The van der Waals surface area contributed by atoms with Crippen LogP contribution in [0.1, 0.15) is 12.0 Å². The third-order valence-electron chi connectivity index (χ3n) is 3.26. The molecule has 0 N–H and O–H groups in total. The number of ether oxygens (including phenoxy) is 1. The van der Waals surface area contributed by atoms with Crippen molar-refractivity contribution in [2.75, 3.05) is 13.2 Å². The molecule has 24 heavy (non-hydrogen) atoms. The van der Waals surface area contributed by atoms with Crippen LogP contribution in [0.15, 0.2) is 18.2 Å². The van der Waals surface area contributed by atoms with Crippen LogP contribution in [0.5, 0.6) is 5.75 Å². The minimum Gasteiger partial charge on any atom is -0.481 e. The Labute approximate surface area is 149 Å². The minimum absolute atomic E-state index is 0.124. The van der Waals surface area contributed by atoms with Crippen LogP contribution in [0.3, 0.4) is 0 Å². The molecule has 1 aromatic carbocycles. The zero-order valence-corrected chi connectivity index (χ0v) is 14.4. The minimum atomic E-state index is -2.83. The topological polar surface area (TPSA) is 29.5 Å². The average molecular weight is 453 g/mol.